The van der Waals surface area contributed by atoms with Gasteiger partial charge >= 0.3 is 0 Å². The molecule has 21 heavy (non-hydrogen) atoms. The number of ether oxygens (including phenoxy) is 3. The van der Waals surface area contributed by atoms with Crippen LogP contribution < -0.4 is 14.8 Å². The van der Waals surface area contributed by atoms with Gasteiger partial charge in [0.05, 0.1) is 12.1 Å². The average molecular weight is 293 g/mol. The molecule has 0 bridgehead atoms. The molecule has 1 aromatic rings. The molecule has 1 aromatic carbocycles. The second kappa shape index (κ2) is 6.67. The molecule has 0 aromatic heterocycles. The van der Waals surface area contributed by atoms with Gasteiger partial charge in [-0.2, -0.15) is 0 Å². The summed E-state index contributed by atoms with van der Waals surface area (Å²) in [6.45, 7) is 10.6. The number of hydrogen-bond donors (Lipinski definition) is 1. The van der Waals surface area contributed by atoms with E-state index < -0.39 is 0 Å². The molecule has 0 saturated heterocycles. The number of rotatable bonds is 5. The van der Waals surface area contributed by atoms with Crippen molar-refractivity contribution in [2.24, 2.45) is 5.41 Å². The third-order valence-corrected chi connectivity index (χ3v) is 3.74. The molecule has 2 unspecified atom stereocenters. The first-order chi connectivity index (χ1) is 9.97. The van der Waals surface area contributed by atoms with Crippen molar-refractivity contribution in [2.75, 3.05) is 26.9 Å². The third-order valence-electron chi connectivity index (χ3n) is 3.74. The van der Waals surface area contributed by atoms with Gasteiger partial charge in [0.25, 0.3) is 0 Å². The molecule has 2 rings (SSSR count). The summed E-state index contributed by atoms with van der Waals surface area (Å²) in [7, 11) is 1.97. The van der Waals surface area contributed by atoms with E-state index in [4.69, 9.17) is 14.2 Å². The molecule has 0 saturated carbocycles. The van der Waals surface area contributed by atoms with Crippen molar-refractivity contribution in [1.82, 2.24) is 5.32 Å². The maximum absolute atomic E-state index is 6.02. The van der Waals surface area contributed by atoms with E-state index in [2.05, 4.69) is 38.2 Å². The number of likely N-dealkylation sites (N-methyl/N-ethyl adjacent to an activating group) is 1. The van der Waals surface area contributed by atoms with Crippen molar-refractivity contribution in [1.29, 1.82) is 0 Å². The Labute approximate surface area is 127 Å². The molecule has 4 heteroatoms. The van der Waals surface area contributed by atoms with Crippen LogP contribution in [0.3, 0.4) is 0 Å². The molecule has 0 spiro atoms. The minimum atomic E-state index is 0.0386. The zero-order valence-electron chi connectivity index (χ0n) is 13.7. The zero-order valence-corrected chi connectivity index (χ0v) is 13.7. The maximum Gasteiger partial charge on any atom is 0.161 e. The van der Waals surface area contributed by atoms with Crippen molar-refractivity contribution in [3.63, 3.8) is 0 Å². The summed E-state index contributed by atoms with van der Waals surface area (Å²) in [5.74, 6) is 1.65. The molecule has 0 fully saturated rings. The van der Waals surface area contributed by atoms with Crippen LogP contribution in [0, 0.1) is 5.41 Å². The van der Waals surface area contributed by atoms with E-state index in [0.717, 1.165) is 17.1 Å². The number of benzene rings is 1. The van der Waals surface area contributed by atoms with E-state index in [9.17, 15) is 0 Å². The molecule has 1 aliphatic rings. The summed E-state index contributed by atoms with van der Waals surface area (Å²) >= 11 is 0. The highest BCUT2D eigenvalue weighted by Gasteiger charge is 2.33. The van der Waals surface area contributed by atoms with Gasteiger partial charge in [-0.1, -0.05) is 26.8 Å². The highest BCUT2D eigenvalue weighted by molar-refractivity contribution is 5.45. The first kappa shape index (κ1) is 16.1. The summed E-state index contributed by atoms with van der Waals surface area (Å²) in [4.78, 5) is 0. The largest absolute Gasteiger partial charge is 0.486 e. The van der Waals surface area contributed by atoms with Crippen molar-refractivity contribution in [2.45, 2.75) is 39.8 Å². The summed E-state index contributed by atoms with van der Waals surface area (Å²) in [6.07, 6.45) is 0.0788. The molecule has 0 radical (unpaired) electrons. The Bertz CT molecular complexity index is 468. The Morgan fingerprint density at radius 2 is 1.86 bits per heavy atom. The van der Waals surface area contributed by atoms with Crippen molar-refractivity contribution in [3.8, 4) is 11.5 Å². The van der Waals surface area contributed by atoms with E-state index in [1.165, 1.54) is 0 Å². The standard InChI is InChI=1S/C17H27NO3/c1-6-19-16(17(2,3)4)15(18-5)12-7-8-13-14(11-12)21-10-9-20-13/h7-8,11,15-16,18H,6,9-10H2,1-5H3. The zero-order chi connectivity index (χ0) is 15.5. The highest BCUT2D eigenvalue weighted by Crippen LogP contribution is 2.37. The smallest absolute Gasteiger partial charge is 0.161 e. The number of nitrogens with one attached hydrogen (secondary N) is 1. The van der Waals surface area contributed by atoms with Crippen molar-refractivity contribution in [3.05, 3.63) is 23.8 Å². The van der Waals surface area contributed by atoms with Gasteiger partial charge in [-0.3, -0.25) is 0 Å². The van der Waals surface area contributed by atoms with Gasteiger partial charge in [0.1, 0.15) is 13.2 Å². The Balaban J connectivity index is 2.31. The van der Waals surface area contributed by atoms with E-state index >= 15 is 0 Å². The topological polar surface area (TPSA) is 39.7 Å². The molecule has 1 N–H and O–H groups in total. The van der Waals surface area contributed by atoms with E-state index in [0.29, 0.717) is 19.8 Å². The lowest BCUT2D eigenvalue weighted by Crippen LogP contribution is -2.41. The monoisotopic (exact) mass is 293 g/mol. The third kappa shape index (κ3) is 3.69. The lowest BCUT2D eigenvalue weighted by atomic mass is 9.82. The minimum absolute atomic E-state index is 0.0386. The molecular weight excluding hydrogens is 266 g/mol. The normalized spacial score (nSPS) is 17.4. The van der Waals surface area contributed by atoms with Gasteiger partial charge in [-0.05, 0) is 37.1 Å². The van der Waals surface area contributed by atoms with Gasteiger partial charge in [-0.25, -0.2) is 0 Å². The van der Waals surface area contributed by atoms with Crippen LogP contribution in [0.4, 0.5) is 0 Å². The van der Waals surface area contributed by atoms with Crippen molar-refractivity contribution < 1.29 is 14.2 Å². The quantitative estimate of drug-likeness (QED) is 0.905. The van der Waals surface area contributed by atoms with Gasteiger partial charge < -0.3 is 19.5 Å². The molecule has 4 nitrogen and oxygen atoms in total. The van der Waals surface area contributed by atoms with E-state index in [-0.39, 0.29) is 17.6 Å². The average Bonchev–Trinajstić information content (AvgIpc) is 2.46. The fourth-order valence-corrected chi connectivity index (χ4v) is 2.77. The number of fused-ring (bicyclic) bond motifs is 1. The van der Waals surface area contributed by atoms with Gasteiger partial charge in [0, 0.05) is 6.61 Å². The fraction of sp³-hybridized carbons (Fsp3) is 0.647. The lowest BCUT2D eigenvalue weighted by Gasteiger charge is -2.37. The van der Waals surface area contributed by atoms with Gasteiger partial charge in [0.15, 0.2) is 11.5 Å². The molecule has 118 valence electrons. The second-order valence-corrected chi connectivity index (χ2v) is 6.41. The lowest BCUT2D eigenvalue weighted by molar-refractivity contribution is -0.0351. The first-order valence-electron chi connectivity index (χ1n) is 7.65. The molecular formula is C17H27NO3. The Kier molecular flexibility index (Phi) is 5.12. The van der Waals surface area contributed by atoms with Gasteiger partial charge in [0.2, 0.25) is 0 Å². The molecule has 0 aliphatic carbocycles. The van der Waals surface area contributed by atoms with Crippen LogP contribution in [0.5, 0.6) is 11.5 Å². The number of hydrogen-bond acceptors (Lipinski definition) is 4. The highest BCUT2D eigenvalue weighted by atomic mass is 16.6. The molecule has 0 amide bonds. The summed E-state index contributed by atoms with van der Waals surface area (Å²) in [5.41, 5.74) is 1.20. The Morgan fingerprint density at radius 3 is 2.43 bits per heavy atom. The van der Waals surface area contributed by atoms with Crippen LogP contribution in [-0.2, 0) is 4.74 Å². The maximum atomic E-state index is 6.02. The van der Waals surface area contributed by atoms with Crippen LogP contribution in [0.1, 0.15) is 39.3 Å². The van der Waals surface area contributed by atoms with Crippen LogP contribution in [0.25, 0.3) is 0 Å². The minimum Gasteiger partial charge on any atom is -0.486 e. The van der Waals surface area contributed by atoms with E-state index in [1.54, 1.807) is 0 Å². The second-order valence-electron chi connectivity index (χ2n) is 6.41. The fourth-order valence-electron chi connectivity index (χ4n) is 2.77. The van der Waals surface area contributed by atoms with E-state index in [1.807, 2.05) is 20.0 Å². The Morgan fingerprint density at radius 1 is 1.19 bits per heavy atom. The van der Waals surface area contributed by atoms with Crippen LogP contribution in [0.15, 0.2) is 18.2 Å². The predicted molar refractivity (Wildman–Crippen MR) is 84.1 cm³/mol. The summed E-state index contributed by atoms with van der Waals surface area (Å²) in [5, 5.41) is 3.40. The summed E-state index contributed by atoms with van der Waals surface area (Å²) < 4.78 is 17.3. The predicted octanol–water partition coefficient (Wildman–Crippen LogP) is 3.17. The molecule has 2 atom stereocenters. The van der Waals surface area contributed by atoms with Crippen LogP contribution in [0.2, 0.25) is 0 Å². The van der Waals surface area contributed by atoms with Crippen LogP contribution in [-0.4, -0.2) is 33.0 Å². The molecule has 1 aliphatic heterocycles. The molecule has 1 heterocycles. The SMILES string of the molecule is CCOC(C(NC)c1ccc2c(c1)OCCO2)C(C)(C)C. The summed E-state index contributed by atoms with van der Waals surface area (Å²) in [6, 6.07) is 6.25. The Hall–Kier alpha value is -1.26. The van der Waals surface area contributed by atoms with Gasteiger partial charge in [-0.15, -0.1) is 0 Å². The van der Waals surface area contributed by atoms with Crippen molar-refractivity contribution >= 4 is 0 Å². The first-order valence-corrected chi connectivity index (χ1v) is 7.65. The van der Waals surface area contributed by atoms with Crippen LogP contribution >= 0.6 is 0 Å².